The highest BCUT2D eigenvalue weighted by Crippen LogP contribution is 2.24. The van der Waals surface area contributed by atoms with E-state index in [1.807, 2.05) is 48.6 Å². The number of hydrogen-bond donors (Lipinski definition) is 1. The Morgan fingerprint density at radius 2 is 1.80 bits per heavy atom. The number of halogens is 1. The van der Waals surface area contributed by atoms with Crippen molar-refractivity contribution >= 4 is 34.7 Å². The van der Waals surface area contributed by atoms with Gasteiger partial charge in [-0.05, 0) is 35.9 Å². The van der Waals surface area contributed by atoms with Gasteiger partial charge in [0.2, 0.25) is 0 Å². The first kappa shape index (κ1) is 12.7. The second-order valence-electron chi connectivity index (χ2n) is 4.47. The summed E-state index contributed by atoms with van der Waals surface area (Å²) in [6.45, 7) is 0. The van der Waals surface area contributed by atoms with E-state index in [1.54, 1.807) is 18.2 Å². The van der Waals surface area contributed by atoms with Crippen molar-refractivity contribution in [2.24, 2.45) is 0 Å². The van der Waals surface area contributed by atoms with E-state index >= 15 is 0 Å². The van der Waals surface area contributed by atoms with Crippen LogP contribution in [0.3, 0.4) is 0 Å². The van der Waals surface area contributed by atoms with E-state index in [-0.39, 0.29) is 5.75 Å². The van der Waals surface area contributed by atoms with Crippen molar-refractivity contribution in [3.05, 3.63) is 70.9 Å². The number of pyridine rings is 1. The van der Waals surface area contributed by atoms with Crippen LogP contribution < -0.4 is 0 Å². The van der Waals surface area contributed by atoms with Gasteiger partial charge in [0.05, 0.1) is 16.2 Å². The molecule has 1 aromatic heterocycles. The number of hydrogen-bond acceptors (Lipinski definition) is 2. The Hall–Kier alpha value is -2.32. The maximum absolute atomic E-state index is 9.38. The lowest BCUT2D eigenvalue weighted by Gasteiger charge is -2.00. The van der Waals surface area contributed by atoms with Crippen molar-refractivity contribution in [3.63, 3.8) is 0 Å². The molecule has 0 aliphatic heterocycles. The quantitative estimate of drug-likeness (QED) is 0.734. The number of nitrogens with zero attached hydrogens (tertiary/aromatic N) is 1. The first-order valence-electron chi connectivity index (χ1n) is 6.25. The first-order valence-corrected chi connectivity index (χ1v) is 6.62. The molecule has 3 aromatic rings. The highest BCUT2D eigenvalue weighted by molar-refractivity contribution is 6.32. The Labute approximate surface area is 122 Å². The molecule has 0 unspecified atom stereocenters. The standard InChI is InChI=1S/C17H12ClNO/c18-15-11-12(6-10-17(15)20)5-8-14-9-7-13-3-1-2-4-16(13)19-14/h1-11,20H. The summed E-state index contributed by atoms with van der Waals surface area (Å²) in [6, 6.07) is 17.1. The molecule has 0 bridgehead atoms. The van der Waals surface area contributed by atoms with Gasteiger partial charge in [-0.1, -0.05) is 48.0 Å². The molecule has 0 aliphatic rings. The predicted molar refractivity (Wildman–Crippen MR) is 83.8 cm³/mol. The Kier molecular flexibility index (Phi) is 3.40. The molecule has 0 aliphatic carbocycles. The van der Waals surface area contributed by atoms with Crippen LogP contribution in [0, 0.1) is 0 Å². The van der Waals surface area contributed by atoms with Gasteiger partial charge in [0, 0.05) is 5.39 Å². The summed E-state index contributed by atoms with van der Waals surface area (Å²) >= 11 is 5.87. The summed E-state index contributed by atoms with van der Waals surface area (Å²) in [4.78, 5) is 4.56. The van der Waals surface area contributed by atoms with Crippen LogP contribution in [0.2, 0.25) is 5.02 Å². The molecule has 0 radical (unpaired) electrons. The smallest absolute Gasteiger partial charge is 0.134 e. The number of para-hydroxylation sites is 1. The highest BCUT2D eigenvalue weighted by atomic mass is 35.5. The van der Waals surface area contributed by atoms with Crippen LogP contribution in [0.25, 0.3) is 23.1 Å². The zero-order valence-electron chi connectivity index (χ0n) is 10.6. The molecule has 2 aromatic carbocycles. The number of aromatic hydroxyl groups is 1. The third-order valence-electron chi connectivity index (χ3n) is 3.04. The van der Waals surface area contributed by atoms with Crippen LogP contribution in [0.15, 0.2) is 54.6 Å². The molecule has 0 atom stereocenters. The average Bonchev–Trinajstić information content (AvgIpc) is 2.48. The van der Waals surface area contributed by atoms with Gasteiger partial charge in [-0.2, -0.15) is 0 Å². The molecule has 0 saturated heterocycles. The van der Waals surface area contributed by atoms with E-state index < -0.39 is 0 Å². The van der Waals surface area contributed by atoms with Crippen molar-refractivity contribution < 1.29 is 5.11 Å². The van der Waals surface area contributed by atoms with Crippen LogP contribution in [-0.4, -0.2) is 10.1 Å². The third kappa shape index (κ3) is 2.65. The fourth-order valence-corrected chi connectivity index (χ4v) is 2.17. The number of phenols is 1. The van der Waals surface area contributed by atoms with Gasteiger partial charge in [-0.25, -0.2) is 4.98 Å². The maximum Gasteiger partial charge on any atom is 0.134 e. The Bertz CT molecular complexity index is 796. The summed E-state index contributed by atoms with van der Waals surface area (Å²) in [6.07, 6.45) is 3.84. The van der Waals surface area contributed by atoms with Crippen LogP contribution >= 0.6 is 11.6 Å². The van der Waals surface area contributed by atoms with E-state index in [0.717, 1.165) is 22.2 Å². The fraction of sp³-hybridized carbons (Fsp3) is 0. The van der Waals surface area contributed by atoms with Crippen LogP contribution in [0.1, 0.15) is 11.3 Å². The van der Waals surface area contributed by atoms with Gasteiger partial charge < -0.3 is 5.11 Å². The minimum atomic E-state index is 0.0904. The Morgan fingerprint density at radius 1 is 0.950 bits per heavy atom. The summed E-state index contributed by atoms with van der Waals surface area (Å²) in [5.74, 6) is 0.0904. The number of benzene rings is 2. The molecule has 1 heterocycles. The predicted octanol–water partition coefficient (Wildman–Crippen LogP) is 4.76. The average molecular weight is 282 g/mol. The van der Waals surface area contributed by atoms with Gasteiger partial charge in [-0.15, -0.1) is 0 Å². The number of phenolic OH excluding ortho intramolecular Hbond substituents is 1. The number of aromatic nitrogens is 1. The highest BCUT2D eigenvalue weighted by Gasteiger charge is 1.98. The molecule has 0 saturated carbocycles. The van der Waals surface area contributed by atoms with E-state index in [9.17, 15) is 5.11 Å². The van der Waals surface area contributed by atoms with Crippen molar-refractivity contribution in [1.82, 2.24) is 4.98 Å². The molecular weight excluding hydrogens is 270 g/mol. The van der Waals surface area contributed by atoms with Gasteiger partial charge in [0.25, 0.3) is 0 Å². The van der Waals surface area contributed by atoms with Crippen molar-refractivity contribution in [2.75, 3.05) is 0 Å². The first-order chi connectivity index (χ1) is 9.72. The van der Waals surface area contributed by atoms with Crippen molar-refractivity contribution in [1.29, 1.82) is 0 Å². The van der Waals surface area contributed by atoms with Crippen LogP contribution in [0.5, 0.6) is 5.75 Å². The minimum absolute atomic E-state index is 0.0904. The van der Waals surface area contributed by atoms with Gasteiger partial charge in [0.1, 0.15) is 5.75 Å². The van der Waals surface area contributed by atoms with E-state index in [0.29, 0.717) is 5.02 Å². The maximum atomic E-state index is 9.38. The van der Waals surface area contributed by atoms with Gasteiger partial charge >= 0.3 is 0 Å². The molecule has 1 N–H and O–H groups in total. The molecule has 3 rings (SSSR count). The minimum Gasteiger partial charge on any atom is -0.506 e. The topological polar surface area (TPSA) is 33.1 Å². The van der Waals surface area contributed by atoms with Crippen molar-refractivity contribution in [2.45, 2.75) is 0 Å². The molecule has 98 valence electrons. The normalized spacial score (nSPS) is 11.2. The second-order valence-corrected chi connectivity index (χ2v) is 4.88. The molecule has 3 heteroatoms. The largest absolute Gasteiger partial charge is 0.506 e. The molecule has 20 heavy (non-hydrogen) atoms. The molecule has 2 nitrogen and oxygen atoms in total. The number of rotatable bonds is 2. The molecule has 0 fully saturated rings. The monoisotopic (exact) mass is 281 g/mol. The van der Waals surface area contributed by atoms with Crippen LogP contribution in [-0.2, 0) is 0 Å². The summed E-state index contributed by atoms with van der Waals surface area (Å²) in [5.41, 5.74) is 2.77. The lowest BCUT2D eigenvalue weighted by atomic mass is 10.1. The third-order valence-corrected chi connectivity index (χ3v) is 3.34. The molecular formula is C17H12ClNO. The summed E-state index contributed by atoms with van der Waals surface area (Å²) < 4.78 is 0. The molecule has 0 spiro atoms. The molecule has 0 amide bonds. The van der Waals surface area contributed by atoms with E-state index in [4.69, 9.17) is 11.6 Å². The zero-order valence-corrected chi connectivity index (χ0v) is 11.4. The van der Waals surface area contributed by atoms with Gasteiger partial charge in [-0.3, -0.25) is 0 Å². The summed E-state index contributed by atoms with van der Waals surface area (Å²) in [5, 5.41) is 10.8. The number of fused-ring (bicyclic) bond motifs is 1. The zero-order chi connectivity index (χ0) is 13.9. The van der Waals surface area contributed by atoms with Crippen molar-refractivity contribution in [3.8, 4) is 5.75 Å². The Balaban J connectivity index is 1.91. The summed E-state index contributed by atoms with van der Waals surface area (Å²) in [7, 11) is 0. The van der Waals surface area contributed by atoms with Crippen LogP contribution in [0.4, 0.5) is 0 Å². The van der Waals surface area contributed by atoms with E-state index in [2.05, 4.69) is 4.98 Å². The SMILES string of the molecule is Oc1ccc(C=Cc2ccc3ccccc3n2)cc1Cl. The van der Waals surface area contributed by atoms with E-state index in [1.165, 1.54) is 0 Å². The second kappa shape index (κ2) is 5.35. The Morgan fingerprint density at radius 3 is 2.65 bits per heavy atom. The van der Waals surface area contributed by atoms with Gasteiger partial charge in [0.15, 0.2) is 0 Å². The lowest BCUT2D eigenvalue weighted by Crippen LogP contribution is -1.82. The lowest BCUT2D eigenvalue weighted by molar-refractivity contribution is 0.475. The fourth-order valence-electron chi connectivity index (χ4n) is 1.98.